The Bertz CT molecular complexity index is 2030. The van der Waals surface area contributed by atoms with Crippen LogP contribution in [0.2, 0.25) is 5.02 Å². The Hall–Kier alpha value is -5.08. The molecule has 2 aliphatic carbocycles. The lowest BCUT2D eigenvalue weighted by Gasteiger charge is -2.50. The third-order valence-corrected chi connectivity index (χ3v) is 11.0. The minimum Gasteiger partial charge on any atom is -0.505 e. The van der Waals surface area contributed by atoms with Crippen molar-refractivity contribution in [2.75, 3.05) is 4.90 Å². The number of fused-ring (bicyclic) bond motifs is 4. The maximum absolute atomic E-state index is 15.2. The third-order valence-electron chi connectivity index (χ3n) is 10.8. The summed E-state index contributed by atoms with van der Waals surface area (Å²) < 4.78 is 15.2. The van der Waals surface area contributed by atoms with Crippen molar-refractivity contribution in [3.8, 4) is 5.75 Å². The fraction of sp³-hybridized carbons (Fsp3) is 0.231. The normalized spacial score (nSPS) is 27.9. The summed E-state index contributed by atoms with van der Waals surface area (Å²) in [6, 6.07) is 28.9. The van der Waals surface area contributed by atoms with Crippen LogP contribution < -0.4 is 4.90 Å². The number of hydrogen-bond donors (Lipinski definition) is 1. The van der Waals surface area contributed by atoms with Gasteiger partial charge in [0.1, 0.15) is 0 Å². The predicted octanol–water partition coefficient (Wildman–Crippen LogP) is 6.55. The second kappa shape index (κ2) is 11.3. The molecule has 4 aromatic rings. The number of halogens is 2. The number of rotatable bonds is 5. The number of carbonyl (C=O) groups excluding carboxylic acids is 4. The number of carbonyl (C=O) groups is 4. The van der Waals surface area contributed by atoms with Crippen molar-refractivity contribution < 1.29 is 28.7 Å². The smallest absolute Gasteiger partial charge is 0.246 e. The summed E-state index contributed by atoms with van der Waals surface area (Å²) >= 11 is 6.34. The van der Waals surface area contributed by atoms with E-state index in [4.69, 9.17) is 11.6 Å². The lowest BCUT2D eigenvalue weighted by molar-refractivity contribution is -0.141. The largest absolute Gasteiger partial charge is 0.505 e. The molecule has 0 bridgehead atoms. The number of phenols is 1. The van der Waals surface area contributed by atoms with Gasteiger partial charge in [-0.1, -0.05) is 102 Å². The fourth-order valence-electron chi connectivity index (χ4n) is 8.84. The molecule has 0 spiro atoms. The number of anilines is 1. The summed E-state index contributed by atoms with van der Waals surface area (Å²) in [5.41, 5.74) is 0.831. The molecule has 240 valence electrons. The van der Waals surface area contributed by atoms with Crippen LogP contribution in [0, 0.1) is 29.5 Å². The number of hydrogen-bond acceptors (Lipinski definition) is 5. The Morgan fingerprint density at radius 3 is 2.25 bits per heavy atom. The van der Waals surface area contributed by atoms with Gasteiger partial charge in [-0.05, 0) is 54.2 Å². The number of amides is 4. The molecule has 7 nitrogen and oxygen atoms in total. The average Bonchev–Trinajstić information content (AvgIpc) is 3.47. The number of aromatic hydroxyl groups is 1. The maximum Gasteiger partial charge on any atom is 0.246 e. The van der Waals surface area contributed by atoms with Gasteiger partial charge in [-0.3, -0.25) is 24.1 Å². The van der Waals surface area contributed by atoms with Crippen LogP contribution in [0.25, 0.3) is 0 Å². The van der Waals surface area contributed by atoms with Gasteiger partial charge in [0.05, 0.1) is 35.4 Å². The zero-order valence-corrected chi connectivity index (χ0v) is 26.4. The molecule has 8 rings (SSSR count). The van der Waals surface area contributed by atoms with Crippen LogP contribution in [0.3, 0.4) is 0 Å². The van der Waals surface area contributed by atoms with Crippen LogP contribution in [0.4, 0.5) is 10.1 Å². The maximum atomic E-state index is 15.2. The van der Waals surface area contributed by atoms with Crippen LogP contribution in [0.5, 0.6) is 5.75 Å². The first-order chi connectivity index (χ1) is 23.2. The minimum atomic E-state index is -1.60. The summed E-state index contributed by atoms with van der Waals surface area (Å²) in [6.07, 6.45) is 2.22. The summed E-state index contributed by atoms with van der Waals surface area (Å²) in [5, 5.41) is 11.7. The van der Waals surface area contributed by atoms with Crippen LogP contribution in [-0.2, 0) is 31.1 Å². The van der Waals surface area contributed by atoms with Crippen molar-refractivity contribution in [1.29, 1.82) is 0 Å². The number of allylic oxidation sites excluding steroid dienone is 2. The molecule has 48 heavy (non-hydrogen) atoms. The lowest BCUT2D eigenvalue weighted by atomic mass is 9.49. The van der Waals surface area contributed by atoms with Gasteiger partial charge in [0.15, 0.2) is 11.6 Å². The molecule has 9 heteroatoms. The van der Waals surface area contributed by atoms with Crippen LogP contribution in [-0.4, -0.2) is 33.6 Å². The summed E-state index contributed by atoms with van der Waals surface area (Å²) in [4.78, 5) is 60.4. The van der Waals surface area contributed by atoms with E-state index in [9.17, 15) is 19.5 Å². The molecule has 0 unspecified atom stereocenters. The SMILES string of the molecule is O=C1[C@H]2[C@H](CC=C3[C@H]2C[C@H]2C(=O)N(c4cccc(Cl)c4)C(=O)[C@@]2(c2ccccc2)[C@H]3c2cccc(F)c2O)C(=O)N1Cc1ccccc1. The summed E-state index contributed by atoms with van der Waals surface area (Å²) in [6.45, 7) is 0.124. The van der Waals surface area contributed by atoms with Gasteiger partial charge in [-0.2, -0.15) is 0 Å². The zero-order valence-electron chi connectivity index (χ0n) is 25.6. The van der Waals surface area contributed by atoms with Crippen LogP contribution in [0.15, 0.2) is 115 Å². The number of para-hydroxylation sites is 1. The van der Waals surface area contributed by atoms with Crippen molar-refractivity contribution in [2.24, 2.45) is 23.7 Å². The lowest BCUT2D eigenvalue weighted by Crippen LogP contribution is -2.53. The first kappa shape index (κ1) is 30.3. The highest BCUT2D eigenvalue weighted by Crippen LogP contribution is 2.65. The highest BCUT2D eigenvalue weighted by Gasteiger charge is 2.70. The Labute approximate surface area is 281 Å². The molecule has 4 amide bonds. The average molecular weight is 661 g/mol. The Balaban J connectivity index is 1.34. The van der Waals surface area contributed by atoms with Gasteiger partial charge in [0.25, 0.3) is 0 Å². The first-order valence-electron chi connectivity index (χ1n) is 16.0. The molecule has 2 aliphatic heterocycles. The van der Waals surface area contributed by atoms with Gasteiger partial charge >= 0.3 is 0 Å². The van der Waals surface area contributed by atoms with E-state index in [1.165, 1.54) is 11.0 Å². The topological polar surface area (TPSA) is 95.0 Å². The molecule has 0 radical (unpaired) electrons. The van der Waals surface area contributed by atoms with Crippen molar-refractivity contribution in [3.63, 3.8) is 0 Å². The number of benzene rings is 4. The van der Waals surface area contributed by atoms with Gasteiger partial charge in [0, 0.05) is 16.5 Å². The van der Waals surface area contributed by atoms with Gasteiger partial charge in [-0.25, -0.2) is 9.29 Å². The highest BCUT2D eigenvalue weighted by molar-refractivity contribution is 6.32. The van der Waals surface area contributed by atoms with E-state index < -0.39 is 58.4 Å². The van der Waals surface area contributed by atoms with E-state index in [-0.39, 0.29) is 36.8 Å². The number of phenolic OH excluding ortho intramolecular Hbond substituents is 1. The second-order valence-electron chi connectivity index (χ2n) is 13.0. The van der Waals surface area contributed by atoms with Crippen LogP contribution in [0.1, 0.15) is 35.4 Å². The van der Waals surface area contributed by atoms with E-state index >= 15 is 9.18 Å². The Kier molecular flexibility index (Phi) is 7.11. The fourth-order valence-corrected chi connectivity index (χ4v) is 9.02. The minimum absolute atomic E-state index is 0.105. The van der Waals surface area contributed by atoms with Gasteiger partial charge < -0.3 is 5.11 Å². The number of nitrogens with zero attached hydrogens (tertiary/aromatic N) is 2. The van der Waals surface area contributed by atoms with E-state index in [1.807, 2.05) is 36.4 Å². The quantitative estimate of drug-likeness (QED) is 0.194. The van der Waals surface area contributed by atoms with E-state index in [0.717, 1.165) is 16.5 Å². The predicted molar refractivity (Wildman–Crippen MR) is 176 cm³/mol. The Morgan fingerprint density at radius 1 is 0.812 bits per heavy atom. The molecule has 6 atom stereocenters. The monoisotopic (exact) mass is 660 g/mol. The molecular weight excluding hydrogens is 631 g/mol. The van der Waals surface area contributed by atoms with Crippen LogP contribution >= 0.6 is 11.6 Å². The van der Waals surface area contributed by atoms with Crippen molar-refractivity contribution in [1.82, 2.24) is 4.90 Å². The van der Waals surface area contributed by atoms with Crippen molar-refractivity contribution in [3.05, 3.63) is 142 Å². The molecule has 2 heterocycles. The standard InChI is InChI=1S/C39H30ClFN2O5/c40-24-13-7-14-25(19-24)43-36(46)30-20-29-26(17-18-27-32(29)37(47)42(35(27)45)21-22-9-3-1-4-10-22)33(28-15-8-16-31(41)34(28)44)39(30,38(43)48)23-11-5-2-6-12-23/h1-17,19,27,29-30,32-33,44H,18,20-21H2/t27-,29+,30-,32-,33+,39+/m0/s1. The summed E-state index contributed by atoms with van der Waals surface area (Å²) in [5.74, 6) is -7.18. The van der Waals surface area contributed by atoms with Crippen molar-refractivity contribution in [2.45, 2.75) is 30.7 Å². The highest BCUT2D eigenvalue weighted by atomic mass is 35.5. The van der Waals surface area contributed by atoms with E-state index in [1.54, 1.807) is 60.7 Å². The van der Waals surface area contributed by atoms with E-state index in [0.29, 0.717) is 21.8 Å². The molecule has 2 saturated heterocycles. The van der Waals surface area contributed by atoms with Gasteiger partial charge in [0.2, 0.25) is 23.6 Å². The number of imide groups is 2. The number of likely N-dealkylation sites (tertiary alicyclic amines) is 1. The first-order valence-corrected chi connectivity index (χ1v) is 16.4. The third kappa shape index (κ3) is 4.25. The molecule has 1 N–H and O–H groups in total. The molecule has 4 aromatic carbocycles. The second-order valence-corrected chi connectivity index (χ2v) is 13.5. The molecule has 0 aromatic heterocycles. The molecule has 4 aliphatic rings. The molecule has 1 saturated carbocycles. The molecule has 3 fully saturated rings. The van der Waals surface area contributed by atoms with Gasteiger partial charge in [-0.15, -0.1) is 0 Å². The zero-order chi connectivity index (χ0) is 33.3. The van der Waals surface area contributed by atoms with E-state index in [2.05, 4.69) is 0 Å². The molecular formula is C39H30ClFN2O5. The van der Waals surface area contributed by atoms with Crippen molar-refractivity contribution >= 4 is 40.9 Å². The Morgan fingerprint density at radius 2 is 1.52 bits per heavy atom. The summed E-state index contributed by atoms with van der Waals surface area (Å²) in [7, 11) is 0.